The number of rotatable bonds is 2. The van der Waals surface area contributed by atoms with Crippen LogP contribution in [0.4, 0.5) is 5.69 Å². The first-order valence-corrected chi connectivity index (χ1v) is 10.7. The van der Waals surface area contributed by atoms with E-state index in [2.05, 4.69) is 12.6 Å². The quantitative estimate of drug-likeness (QED) is 0.453. The van der Waals surface area contributed by atoms with E-state index in [-0.39, 0.29) is 0 Å². The minimum absolute atomic E-state index is 0.740. The van der Waals surface area contributed by atoms with Gasteiger partial charge in [-0.2, -0.15) is 0 Å². The van der Waals surface area contributed by atoms with Crippen LogP contribution >= 0.6 is 12.6 Å². The third-order valence-electron chi connectivity index (χ3n) is 3.06. The molecule has 0 aliphatic carbocycles. The van der Waals surface area contributed by atoms with Crippen molar-refractivity contribution in [2.45, 2.75) is 9.79 Å². The molecule has 2 N–H and O–H groups in total. The molecule has 0 saturated heterocycles. The van der Waals surface area contributed by atoms with Crippen LogP contribution in [0.5, 0.6) is 0 Å². The van der Waals surface area contributed by atoms with Gasteiger partial charge in [-0.1, -0.05) is 56.5 Å². The second-order valence-corrected chi connectivity index (χ2v) is 9.13. The molecule has 118 valence electrons. The first-order valence-electron chi connectivity index (χ1n) is 6.91. The first-order chi connectivity index (χ1) is 11.1. The fourth-order valence-electron chi connectivity index (χ4n) is 1.99. The Morgan fingerprint density at radius 3 is 1.83 bits per heavy atom. The summed E-state index contributed by atoms with van der Waals surface area (Å²) in [5, 5.41) is 0. The monoisotopic (exact) mass is 375 g/mol. The molecular weight excluding hydrogens is 358 g/mol. The van der Waals surface area contributed by atoms with Gasteiger partial charge in [0.1, 0.15) is 0 Å². The van der Waals surface area contributed by atoms with Crippen molar-refractivity contribution in [1.29, 1.82) is 0 Å². The standard InChI is InChI=1S/C12H11NS3.C6H6S/c13-10-6-7-12(16(14)15)11(8-10)9-4-2-1-3-5-9;7-6-4-2-1-3-5-6/h1-8,16H,13H2;1-5,7H. The van der Waals surface area contributed by atoms with Gasteiger partial charge < -0.3 is 5.73 Å². The van der Waals surface area contributed by atoms with E-state index in [4.69, 9.17) is 28.1 Å². The third-order valence-corrected chi connectivity index (χ3v) is 5.32. The Balaban J connectivity index is 0.000000229. The molecule has 23 heavy (non-hydrogen) atoms. The summed E-state index contributed by atoms with van der Waals surface area (Å²) in [6, 6.07) is 25.6. The summed E-state index contributed by atoms with van der Waals surface area (Å²) in [6.07, 6.45) is 0. The molecule has 0 spiro atoms. The van der Waals surface area contributed by atoms with Crippen LogP contribution in [0.15, 0.2) is 88.7 Å². The number of thiol groups is 2. The number of benzene rings is 3. The summed E-state index contributed by atoms with van der Waals surface area (Å²) in [6.45, 7) is 0. The smallest absolute Gasteiger partial charge is 0.0321 e. The van der Waals surface area contributed by atoms with Gasteiger partial charge in [0.15, 0.2) is 0 Å². The van der Waals surface area contributed by atoms with Crippen molar-refractivity contribution < 1.29 is 0 Å². The van der Waals surface area contributed by atoms with Gasteiger partial charge in [0.25, 0.3) is 0 Å². The van der Waals surface area contributed by atoms with E-state index in [1.807, 2.05) is 78.9 Å². The SMILES string of the molecule is Nc1ccc([SH](=S)=S)c(-c2ccccc2)c1.Sc1ccccc1. The Labute approximate surface area is 153 Å². The summed E-state index contributed by atoms with van der Waals surface area (Å²) in [5.41, 5.74) is 8.73. The van der Waals surface area contributed by atoms with E-state index in [1.165, 1.54) is 0 Å². The Hall–Kier alpha value is -1.40. The van der Waals surface area contributed by atoms with Gasteiger partial charge in [-0.15, -0.1) is 12.6 Å². The zero-order chi connectivity index (χ0) is 16.7. The van der Waals surface area contributed by atoms with Gasteiger partial charge in [0.05, 0.1) is 0 Å². The van der Waals surface area contributed by atoms with Crippen molar-refractivity contribution in [2.75, 3.05) is 5.73 Å². The third kappa shape index (κ3) is 5.62. The second-order valence-electron chi connectivity index (χ2n) is 4.74. The van der Waals surface area contributed by atoms with Crippen molar-refractivity contribution >= 4 is 48.7 Å². The molecule has 0 aromatic heterocycles. The Bertz CT molecular complexity index is 820. The average molecular weight is 376 g/mol. The number of nitrogens with two attached hydrogens (primary N) is 1. The maximum absolute atomic E-state index is 5.80. The minimum Gasteiger partial charge on any atom is -0.399 e. The first kappa shape index (κ1) is 17.9. The molecule has 0 fully saturated rings. The van der Waals surface area contributed by atoms with Crippen LogP contribution in [-0.4, -0.2) is 0 Å². The molecule has 0 saturated carbocycles. The molecule has 3 rings (SSSR count). The van der Waals surface area contributed by atoms with E-state index >= 15 is 0 Å². The largest absolute Gasteiger partial charge is 0.399 e. The van der Waals surface area contributed by atoms with Gasteiger partial charge in [-0.25, -0.2) is 0 Å². The lowest BCUT2D eigenvalue weighted by atomic mass is 10.1. The van der Waals surface area contributed by atoms with Crippen LogP contribution in [0.3, 0.4) is 0 Å². The van der Waals surface area contributed by atoms with Crippen LogP contribution < -0.4 is 5.73 Å². The van der Waals surface area contributed by atoms with Crippen LogP contribution in [0.2, 0.25) is 0 Å². The lowest BCUT2D eigenvalue weighted by Gasteiger charge is -2.07. The molecule has 1 nitrogen and oxygen atoms in total. The lowest BCUT2D eigenvalue weighted by molar-refractivity contribution is 1.45. The summed E-state index contributed by atoms with van der Waals surface area (Å²) in [7, 11) is -0.941. The molecule has 0 bridgehead atoms. The van der Waals surface area contributed by atoms with E-state index in [9.17, 15) is 0 Å². The highest BCUT2D eigenvalue weighted by molar-refractivity contribution is 8.46. The van der Waals surface area contributed by atoms with Crippen molar-refractivity contribution in [3.05, 3.63) is 78.9 Å². The average Bonchev–Trinajstić information content (AvgIpc) is 2.56. The Kier molecular flexibility index (Phi) is 7.05. The molecule has 0 aliphatic rings. The molecule has 0 unspecified atom stereocenters. The van der Waals surface area contributed by atoms with Crippen LogP contribution in [-0.2, 0) is 30.4 Å². The summed E-state index contributed by atoms with van der Waals surface area (Å²) >= 11 is 14.5. The summed E-state index contributed by atoms with van der Waals surface area (Å²) < 4.78 is 0. The van der Waals surface area contributed by atoms with E-state index in [0.717, 1.165) is 26.6 Å². The summed E-state index contributed by atoms with van der Waals surface area (Å²) in [4.78, 5) is 2.06. The van der Waals surface area contributed by atoms with Gasteiger partial charge >= 0.3 is 0 Å². The zero-order valence-electron chi connectivity index (χ0n) is 12.3. The summed E-state index contributed by atoms with van der Waals surface area (Å²) in [5.74, 6) is 0. The molecular formula is C18H17NS4. The number of nitrogen functional groups attached to an aromatic ring is 1. The fourth-order valence-corrected chi connectivity index (χ4v) is 3.70. The Morgan fingerprint density at radius 2 is 1.35 bits per heavy atom. The lowest BCUT2D eigenvalue weighted by Crippen LogP contribution is -1.90. The van der Waals surface area contributed by atoms with Crippen LogP contribution in [0, 0.1) is 0 Å². The topological polar surface area (TPSA) is 26.0 Å². The van der Waals surface area contributed by atoms with Gasteiger partial charge in [0, 0.05) is 15.5 Å². The highest BCUT2D eigenvalue weighted by Crippen LogP contribution is 2.26. The van der Waals surface area contributed by atoms with Crippen molar-refractivity contribution in [1.82, 2.24) is 0 Å². The Morgan fingerprint density at radius 1 is 0.783 bits per heavy atom. The second kappa shape index (κ2) is 9.03. The zero-order valence-corrected chi connectivity index (χ0v) is 15.7. The molecule has 0 heterocycles. The van der Waals surface area contributed by atoms with Gasteiger partial charge in [-0.3, -0.25) is 0 Å². The molecule has 0 amide bonds. The molecule has 5 heteroatoms. The maximum atomic E-state index is 5.80. The fraction of sp³-hybridized carbons (Fsp3) is 0. The maximum Gasteiger partial charge on any atom is 0.0321 e. The van der Waals surface area contributed by atoms with Gasteiger partial charge in [0.2, 0.25) is 0 Å². The molecule has 0 aliphatic heterocycles. The predicted octanol–water partition coefficient (Wildman–Crippen LogP) is 4.54. The molecule has 3 aromatic rings. The highest BCUT2D eigenvalue weighted by Gasteiger charge is 2.04. The molecule has 3 aromatic carbocycles. The highest BCUT2D eigenvalue weighted by atomic mass is 33.1. The number of hydrogen-bond donors (Lipinski definition) is 3. The van der Waals surface area contributed by atoms with Crippen molar-refractivity contribution in [3.63, 3.8) is 0 Å². The molecule has 0 radical (unpaired) electrons. The van der Waals surface area contributed by atoms with Gasteiger partial charge in [-0.05, 0) is 63.8 Å². The van der Waals surface area contributed by atoms with Crippen LogP contribution in [0.1, 0.15) is 0 Å². The van der Waals surface area contributed by atoms with Crippen LogP contribution in [0.25, 0.3) is 11.1 Å². The van der Waals surface area contributed by atoms with E-state index in [1.54, 1.807) is 0 Å². The normalized spacial score (nSPS) is 10.0. The number of anilines is 1. The van der Waals surface area contributed by atoms with E-state index in [0.29, 0.717) is 0 Å². The van der Waals surface area contributed by atoms with Crippen molar-refractivity contribution in [2.24, 2.45) is 0 Å². The number of hydrogen-bond acceptors (Lipinski definition) is 4. The minimum atomic E-state index is -0.941. The predicted molar refractivity (Wildman–Crippen MR) is 112 cm³/mol. The van der Waals surface area contributed by atoms with Crippen molar-refractivity contribution in [3.8, 4) is 11.1 Å². The van der Waals surface area contributed by atoms with E-state index < -0.39 is 8.01 Å². The molecule has 0 atom stereocenters.